The maximum Gasteiger partial charge on any atom is 0.254 e. The zero-order valence-electron chi connectivity index (χ0n) is 23.0. The maximum atomic E-state index is 13.6. The summed E-state index contributed by atoms with van der Waals surface area (Å²) in [6.07, 6.45) is 8.92. The number of amides is 2. The van der Waals surface area contributed by atoms with Gasteiger partial charge < -0.3 is 20.0 Å². The highest BCUT2D eigenvalue weighted by Gasteiger charge is 2.27. The summed E-state index contributed by atoms with van der Waals surface area (Å²) in [5, 5.41) is 3.42. The third-order valence-corrected chi connectivity index (χ3v) is 7.94. The first-order chi connectivity index (χ1) is 19.1. The summed E-state index contributed by atoms with van der Waals surface area (Å²) >= 11 is 0. The Bertz CT molecular complexity index is 1180. The number of rotatable bonds is 10. The van der Waals surface area contributed by atoms with E-state index in [0.29, 0.717) is 31.7 Å². The van der Waals surface area contributed by atoms with Crippen molar-refractivity contribution >= 4 is 17.5 Å². The summed E-state index contributed by atoms with van der Waals surface area (Å²) in [6, 6.07) is 14.4. The predicted octanol–water partition coefficient (Wildman–Crippen LogP) is 3.46. The van der Waals surface area contributed by atoms with Crippen LogP contribution >= 0.6 is 0 Å². The van der Waals surface area contributed by atoms with Gasteiger partial charge in [-0.2, -0.15) is 0 Å². The van der Waals surface area contributed by atoms with E-state index in [9.17, 15) is 9.59 Å². The summed E-state index contributed by atoms with van der Waals surface area (Å²) < 4.78 is 0. The second kappa shape index (κ2) is 13.2. The van der Waals surface area contributed by atoms with Crippen LogP contribution in [0.2, 0.25) is 0 Å². The standard InChI is InChI=1S/C32H41N5O2/c1-2-3-16-35-24-29-13-8-26(7-6-17-34-20-14-33-15-21-34)22-30(29)37(31(38)25-35)23-27-9-11-28(12-10-27)32(39)36-18-4-5-19-36/h2,4-5,8-13,22,33H,1,3,6-7,14-21,23-25H2. The van der Waals surface area contributed by atoms with Crippen molar-refractivity contribution in [3.05, 3.63) is 89.5 Å². The number of carbonyl (C=O) groups excluding carboxylic acids is 2. The number of fused-ring (bicyclic) bond motifs is 1. The van der Waals surface area contributed by atoms with Crippen molar-refractivity contribution < 1.29 is 9.59 Å². The Kier molecular flexibility index (Phi) is 9.24. The molecule has 0 unspecified atom stereocenters. The van der Waals surface area contributed by atoms with Crippen molar-refractivity contribution in [3.8, 4) is 0 Å². The molecular weight excluding hydrogens is 486 g/mol. The largest absolute Gasteiger partial charge is 0.331 e. The number of hydrogen-bond acceptors (Lipinski definition) is 5. The molecule has 2 aromatic carbocycles. The molecule has 0 saturated carbocycles. The first-order valence-electron chi connectivity index (χ1n) is 14.3. The van der Waals surface area contributed by atoms with Gasteiger partial charge in [0.2, 0.25) is 5.91 Å². The lowest BCUT2D eigenvalue weighted by atomic mass is 10.0. The summed E-state index contributed by atoms with van der Waals surface area (Å²) in [5.74, 6) is 0.158. The fourth-order valence-corrected chi connectivity index (χ4v) is 5.67. The number of hydrogen-bond donors (Lipinski definition) is 1. The van der Waals surface area contributed by atoms with Crippen LogP contribution in [0.1, 0.15) is 39.9 Å². The molecule has 3 aliphatic rings. The summed E-state index contributed by atoms with van der Waals surface area (Å²) in [7, 11) is 0. The lowest BCUT2D eigenvalue weighted by Crippen LogP contribution is -2.43. The molecule has 3 aliphatic heterocycles. The Balaban J connectivity index is 1.32. The van der Waals surface area contributed by atoms with E-state index in [1.807, 2.05) is 52.3 Å². The van der Waals surface area contributed by atoms with Crippen LogP contribution < -0.4 is 10.2 Å². The van der Waals surface area contributed by atoms with Gasteiger partial charge in [0.1, 0.15) is 0 Å². The highest BCUT2D eigenvalue weighted by atomic mass is 16.2. The van der Waals surface area contributed by atoms with Gasteiger partial charge >= 0.3 is 0 Å². The van der Waals surface area contributed by atoms with Crippen LogP contribution in [0.4, 0.5) is 5.69 Å². The minimum atomic E-state index is 0.0473. The first-order valence-corrected chi connectivity index (χ1v) is 14.3. The lowest BCUT2D eigenvalue weighted by Gasteiger charge is -2.27. The Morgan fingerprint density at radius 2 is 1.67 bits per heavy atom. The molecule has 1 fully saturated rings. The zero-order chi connectivity index (χ0) is 27.0. The van der Waals surface area contributed by atoms with Gasteiger partial charge in [0.15, 0.2) is 0 Å². The third-order valence-electron chi connectivity index (χ3n) is 7.94. The van der Waals surface area contributed by atoms with Gasteiger partial charge in [0.25, 0.3) is 5.91 Å². The molecule has 39 heavy (non-hydrogen) atoms. The minimum absolute atomic E-state index is 0.0473. The Labute approximate surface area is 232 Å². The number of benzene rings is 2. The van der Waals surface area contributed by atoms with Gasteiger partial charge in [-0.25, -0.2) is 0 Å². The number of nitrogens with one attached hydrogen (secondary N) is 1. The van der Waals surface area contributed by atoms with Gasteiger partial charge in [0, 0.05) is 63.6 Å². The van der Waals surface area contributed by atoms with E-state index in [2.05, 4.69) is 39.9 Å². The summed E-state index contributed by atoms with van der Waals surface area (Å²) in [6.45, 7) is 13.1. The number of nitrogens with zero attached hydrogens (tertiary/aromatic N) is 4. The van der Waals surface area contributed by atoms with Crippen LogP contribution in [0.5, 0.6) is 0 Å². The molecule has 0 atom stereocenters. The molecule has 3 heterocycles. The van der Waals surface area contributed by atoms with E-state index in [1.54, 1.807) is 0 Å². The van der Waals surface area contributed by atoms with Crippen LogP contribution in [0.15, 0.2) is 67.3 Å². The zero-order valence-corrected chi connectivity index (χ0v) is 23.0. The smallest absolute Gasteiger partial charge is 0.254 e. The fraction of sp³-hybridized carbons (Fsp3) is 0.438. The third kappa shape index (κ3) is 7.04. The van der Waals surface area contributed by atoms with Crippen molar-refractivity contribution in [2.24, 2.45) is 0 Å². The molecule has 5 rings (SSSR count). The maximum absolute atomic E-state index is 13.6. The molecule has 0 aromatic heterocycles. The van der Waals surface area contributed by atoms with E-state index >= 15 is 0 Å². The number of anilines is 1. The first kappa shape index (κ1) is 27.3. The highest BCUT2D eigenvalue weighted by molar-refractivity contribution is 5.96. The molecule has 7 nitrogen and oxygen atoms in total. The fourth-order valence-electron chi connectivity index (χ4n) is 5.67. The van der Waals surface area contributed by atoms with Gasteiger partial charge in [-0.05, 0) is 60.7 Å². The van der Waals surface area contributed by atoms with Crippen molar-refractivity contribution in [2.75, 3.05) is 63.8 Å². The molecule has 7 heteroatoms. The van der Waals surface area contributed by atoms with E-state index in [1.165, 1.54) is 11.1 Å². The Morgan fingerprint density at radius 3 is 2.41 bits per heavy atom. The molecule has 2 aromatic rings. The van der Waals surface area contributed by atoms with Crippen molar-refractivity contribution in [2.45, 2.75) is 32.4 Å². The number of aryl methyl sites for hydroxylation is 1. The van der Waals surface area contributed by atoms with Gasteiger partial charge in [0.05, 0.1) is 13.1 Å². The van der Waals surface area contributed by atoms with Gasteiger partial charge in [-0.3, -0.25) is 14.5 Å². The van der Waals surface area contributed by atoms with Crippen molar-refractivity contribution in [3.63, 3.8) is 0 Å². The molecule has 1 saturated heterocycles. The lowest BCUT2D eigenvalue weighted by molar-refractivity contribution is -0.119. The average molecular weight is 528 g/mol. The topological polar surface area (TPSA) is 59.1 Å². The predicted molar refractivity (Wildman–Crippen MR) is 157 cm³/mol. The average Bonchev–Trinajstić information content (AvgIpc) is 3.47. The molecule has 0 aliphatic carbocycles. The van der Waals surface area contributed by atoms with Crippen molar-refractivity contribution in [1.29, 1.82) is 0 Å². The second-order valence-corrected chi connectivity index (χ2v) is 10.8. The van der Waals surface area contributed by atoms with E-state index < -0.39 is 0 Å². The minimum Gasteiger partial charge on any atom is -0.331 e. The molecule has 0 radical (unpaired) electrons. The van der Waals surface area contributed by atoms with Crippen LogP contribution in [-0.2, 0) is 24.3 Å². The normalized spacial score (nSPS) is 18.3. The van der Waals surface area contributed by atoms with Crippen LogP contribution in [0, 0.1) is 0 Å². The van der Waals surface area contributed by atoms with Gasteiger partial charge in [-0.1, -0.05) is 42.5 Å². The number of carbonyl (C=O) groups is 2. The van der Waals surface area contributed by atoms with Gasteiger partial charge in [-0.15, -0.1) is 6.58 Å². The molecule has 206 valence electrons. The molecule has 0 bridgehead atoms. The van der Waals surface area contributed by atoms with Crippen LogP contribution in [0.3, 0.4) is 0 Å². The summed E-state index contributed by atoms with van der Waals surface area (Å²) in [5.41, 5.74) is 5.19. The van der Waals surface area contributed by atoms with Crippen LogP contribution in [0.25, 0.3) is 0 Å². The van der Waals surface area contributed by atoms with E-state index in [4.69, 9.17) is 0 Å². The van der Waals surface area contributed by atoms with Crippen LogP contribution in [-0.4, -0.2) is 85.4 Å². The molecular formula is C32H41N5O2. The SMILES string of the molecule is C=CCCN1CC(=O)N(Cc2ccc(C(=O)N3CC=CC3)cc2)c2cc(CCCN3CCNCC3)ccc2C1. The Morgan fingerprint density at radius 1 is 0.923 bits per heavy atom. The van der Waals surface area contributed by atoms with E-state index in [-0.39, 0.29) is 11.8 Å². The molecule has 2 amide bonds. The molecule has 1 N–H and O–H groups in total. The second-order valence-electron chi connectivity index (χ2n) is 10.8. The van der Waals surface area contributed by atoms with Crippen molar-refractivity contribution in [1.82, 2.24) is 20.0 Å². The summed E-state index contributed by atoms with van der Waals surface area (Å²) in [4.78, 5) is 34.9. The highest BCUT2D eigenvalue weighted by Crippen LogP contribution is 2.29. The quantitative estimate of drug-likeness (QED) is 0.480. The molecule has 0 spiro atoms. The Hall–Kier alpha value is -3.26. The monoisotopic (exact) mass is 527 g/mol. The van der Waals surface area contributed by atoms with E-state index in [0.717, 1.165) is 76.3 Å². The number of piperazine rings is 1.